The molecule has 1 aromatic carbocycles. The molecule has 0 fully saturated rings. The van der Waals surface area contributed by atoms with E-state index in [2.05, 4.69) is 27.6 Å². The summed E-state index contributed by atoms with van der Waals surface area (Å²) in [6, 6.07) is 5.23. The lowest BCUT2D eigenvalue weighted by molar-refractivity contribution is -0.118. The van der Waals surface area contributed by atoms with E-state index in [9.17, 15) is 9.18 Å². The van der Waals surface area contributed by atoms with Crippen molar-refractivity contribution in [3.05, 3.63) is 38.8 Å². The maximum absolute atomic E-state index is 13.8. The molecule has 2 rings (SSSR count). The Morgan fingerprint density at radius 3 is 2.83 bits per heavy atom. The first kappa shape index (κ1) is 13.2. The molecule has 0 spiro atoms. The van der Waals surface area contributed by atoms with Gasteiger partial charge in [0.2, 0.25) is 5.91 Å². The minimum atomic E-state index is -0.377. The summed E-state index contributed by atoms with van der Waals surface area (Å²) in [5.41, 5.74) is 7.10. The van der Waals surface area contributed by atoms with Crippen LogP contribution in [0.15, 0.2) is 18.2 Å². The third kappa shape index (κ3) is 2.77. The monoisotopic (exact) mass is 358 g/mol. The molecule has 0 bridgehead atoms. The van der Waals surface area contributed by atoms with Gasteiger partial charge in [-0.1, -0.05) is 0 Å². The molecule has 5 heteroatoms. The normalized spacial score (nSPS) is 10.8. The first-order valence-electron chi connectivity index (χ1n) is 5.51. The van der Waals surface area contributed by atoms with E-state index in [0.717, 1.165) is 14.5 Å². The first-order valence-corrected chi connectivity index (χ1v) is 6.59. The summed E-state index contributed by atoms with van der Waals surface area (Å²) >= 11 is 2.08. The van der Waals surface area contributed by atoms with Crippen LogP contribution in [0.1, 0.15) is 17.7 Å². The molecule has 0 saturated heterocycles. The number of hydrogen-bond donors (Lipinski definition) is 1. The number of fused-ring (bicyclic) bond motifs is 1. The van der Waals surface area contributed by atoms with Crippen LogP contribution < -0.4 is 5.73 Å². The first-order chi connectivity index (χ1) is 8.47. The largest absolute Gasteiger partial charge is 0.370 e. The van der Waals surface area contributed by atoms with Crippen molar-refractivity contribution in [2.24, 2.45) is 5.73 Å². The van der Waals surface area contributed by atoms with Crippen LogP contribution in [0, 0.1) is 16.3 Å². The van der Waals surface area contributed by atoms with Crippen LogP contribution in [0.25, 0.3) is 10.9 Å². The Hall–Kier alpha value is -1.24. The number of benzene rings is 1. The fraction of sp³-hybridized carbons (Fsp3) is 0.231. The maximum atomic E-state index is 13.8. The van der Waals surface area contributed by atoms with E-state index in [0.29, 0.717) is 17.6 Å². The third-order valence-corrected chi connectivity index (χ3v) is 3.34. The zero-order valence-corrected chi connectivity index (χ0v) is 12.0. The van der Waals surface area contributed by atoms with Crippen LogP contribution in [-0.2, 0) is 11.2 Å². The molecule has 1 heterocycles. The van der Waals surface area contributed by atoms with E-state index in [4.69, 9.17) is 5.73 Å². The number of nitrogens with two attached hydrogens (primary N) is 1. The van der Waals surface area contributed by atoms with Gasteiger partial charge in [-0.2, -0.15) is 0 Å². The Morgan fingerprint density at radius 1 is 1.44 bits per heavy atom. The Bertz CT molecular complexity index is 628. The predicted octanol–water partition coefficient (Wildman–Crippen LogP) is 2.70. The van der Waals surface area contributed by atoms with Gasteiger partial charge in [0, 0.05) is 21.1 Å². The van der Waals surface area contributed by atoms with Crippen molar-refractivity contribution in [2.75, 3.05) is 0 Å². The number of hydrogen-bond acceptors (Lipinski definition) is 2. The van der Waals surface area contributed by atoms with Gasteiger partial charge >= 0.3 is 0 Å². The summed E-state index contributed by atoms with van der Waals surface area (Å²) < 4.78 is 14.7. The van der Waals surface area contributed by atoms with Crippen molar-refractivity contribution >= 4 is 39.4 Å². The molecule has 2 aromatic rings. The summed E-state index contributed by atoms with van der Waals surface area (Å²) in [7, 11) is 0. The number of aromatic nitrogens is 1. The van der Waals surface area contributed by atoms with Crippen LogP contribution >= 0.6 is 22.6 Å². The summed E-state index contributed by atoms with van der Waals surface area (Å²) in [6.45, 7) is 1.91. The van der Waals surface area contributed by atoms with Crippen LogP contribution in [0.3, 0.4) is 0 Å². The fourth-order valence-electron chi connectivity index (χ4n) is 1.86. The van der Waals surface area contributed by atoms with Crippen molar-refractivity contribution < 1.29 is 9.18 Å². The number of rotatable bonds is 3. The second kappa shape index (κ2) is 5.17. The zero-order valence-electron chi connectivity index (χ0n) is 9.84. The van der Waals surface area contributed by atoms with Gasteiger partial charge in [-0.3, -0.25) is 4.79 Å². The summed E-state index contributed by atoms with van der Waals surface area (Å²) in [4.78, 5) is 15.0. The number of halogens is 2. The summed E-state index contributed by atoms with van der Waals surface area (Å²) in [6.07, 6.45) is 0.668. The highest BCUT2D eigenvalue weighted by Crippen LogP contribution is 2.23. The number of nitrogens with zero attached hydrogens (tertiary/aromatic N) is 1. The van der Waals surface area contributed by atoms with E-state index >= 15 is 0 Å². The standard InChI is InChI=1S/C13H12FIN2O/c1-7-4-9(2-3-12(16)18)17-13-10(7)5-8(15)6-11(13)14/h4-6H,2-3H2,1H3,(H2,16,18). The Kier molecular flexibility index (Phi) is 3.79. The molecule has 0 aliphatic rings. The molecular formula is C13H12FIN2O. The number of carbonyl (C=O) groups is 1. The van der Waals surface area contributed by atoms with E-state index < -0.39 is 0 Å². The molecule has 0 atom stereocenters. The predicted molar refractivity (Wildman–Crippen MR) is 76.7 cm³/mol. The summed E-state index contributed by atoms with van der Waals surface area (Å²) in [5.74, 6) is -0.710. The quantitative estimate of drug-likeness (QED) is 0.858. The van der Waals surface area contributed by atoms with Crippen LogP contribution in [0.2, 0.25) is 0 Å². The van der Waals surface area contributed by atoms with Crippen molar-refractivity contribution in [1.82, 2.24) is 4.98 Å². The van der Waals surface area contributed by atoms with Crippen molar-refractivity contribution in [3.63, 3.8) is 0 Å². The van der Waals surface area contributed by atoms with Crippen LogP contribution in [-0.4, -0.2) is 10.9 Å². The molecule has 1 aromatic heterocycles. The summed E-state index contributed by atoms with van der Waals surface area (Å²) in [5, 5.41) is 0.808. The van der Waals surface area contributed by atoms with Crippen molar-refractivity contribution in [1.29, 1.82) is 0 Å². The molecular weight excluding hydrogens is 346 g/mol. The molecule has 0 unspecified atom stereocenters. The molecule has 0 radical (unpaired) electrons. The average Bonchev–Trinajstić information content (AvgIpc) is 2.28. The van der Waals surface area contributed by atoms with Crippen LogP contribution in [0.5, 0.6) is 0 Å². The van der Waals surface area contributed by atoms with Gasteiger partial charge < -0.3 is 5.73 Å². The number of pyridine rings is 1. The van der Waals surface area contributed by atoms with E-state index in [-0.39, 0.29) is 18.1 Å². The molecule has 3 nitrogen and oxygen atoms in total. The lowest BCUT2D eigenvalue weighted by Gasteiger charge is -2.07. The van der Waals surface area contributed by atoms with Crippen molar-refractivity contribution in [3.8, 4) is 0 Å². The topological polar surface area (TPSA) is 56.0 Å². The lowest BCUT2D eigenvalue weighted by Crippen LogP contribution is -2.11. The van der Waals surface area contributed by atoms with Gasteiger partial charge in [0.15, 0.2) is 0 Å². The number of carbonyl (C=O) groups excluding carboxylic acids is 1. The molecule has 2 N–H and O–H groups in total. The Balaban J connectivity index is 2.51. The molecule has 1 amide bonds. The van der Waals surface area contributed by atoms with Gasteiger partial charge in [-0.05, 0) is 59.7 Å². The second-order valence-corrected chi connectivity index (χ2v) is 5.43. The highest BCUT2D eigenvalue weighted by molar-refractivity contribution is 14.1. The van der Waals surface area contributed by atoms with E-state index in [1.165, 1.54) is 6.07 Å². The van der Waals surface area contributed by atoms with E-state index in [1.807, 2.05) is 19.1 Å². The SMILES string of the molecule is Cc1cc(CCC(N)=O)nc2c(F)cc(I)cc12. The van der Waals surface area contributed by atoms with E-state index in [1.54, 1.807) is 0 Å². The number of primary amides is 1. The minimum Gasteiger partial charge on any atom is -0.370 e. The van der Waals surface area contributed by atoms with Gasteiger partial charge in [0.1, 0.15) is 11.3 Å². The fourth-order valence-corrected chi connectivity index (χ4v) is 2.45. The smallest absolute Gasteiger partial charge is 0.217 e. The molecule has 18 heavy (non-hydrogen) atoms. The number of aryl methyl sites for hydroxylation is 2. The van der Waals surface area contributed by atoms with Gasteiger partial charge in [-0.15, -0.1) is 0 Å². The molecule has 0 aliphatic carbocycles. The highest BCUT2D eigenvalue weighted by atomic mass is 127. The second-order valence-electron chi connectivity index (χ2n) is 4.18. The molecule has 0 saturated carbocycles. The molecule has 94 valence electrons. The lowest BCUT2D eigenvalue weighted by atomic mass is 10.1. The third-order valence-electron chi connectivity index (χ3n) is 2.72. The van der Waals surface area contributed by atoms with Gasteiger partial charge in [0.25, 0.3) is 0 Å². The van der Waals surface area contributed by atoms with Gasteiger partial charge in [0.05, 0.1) is 0 Å². The maximum Gasteiger partial charge on any atom is 0.217 e. The Labute approximate surface area is 118 Å². The van der Waals surface area contributed by atoms with Crippen LogP contribution in [0.4, 0.5) is 4.39 Å². The molecule has 0 aliphatic heterocycles. The zero-order chi connectivity index (χ0) is 13.3. The number of amides is 1. The van der Waals surface area contributed by atoms with Crippen molar-refractivity contribution in [2.45, 2.75) is 19.8 Å². The minimum absolute atomic E-state index is 0.226. The Morgan fingerprint density at radius 2 is 2.17 bits per heavy atom. The highest BCUT2D eigenvalue weighted by Gasteiger charge is 2.09. The average molecular weight is 358 g/mol. The van der Waals surface area contributed by atoms with Gasteiger partial charge in [-0.25, -0.2) is 9.37 Å².